The highest BCUT2D eigenvalue weighted by atomic mass is 16.5. The molecule has 0 fully saturated rings. The molecule has 1 atom stereocenters. The smallest absolute Gasteiger partial charge is 0.0884 e. The van der Waals surface area contributed by atoms with Gasteiger partial charge >= 0.3 is 0 Å². The van der Waals surface area contributed by atoms with Crippen molar-refractivity contribution >= 4 is 10.9 Å². The van der Waals surface area contributed by atoms with Crippen molar-refractivity contribution in [3.63, 3.8) is 0 Å². The van der Waals surface area contributed by atoms with Gasteiger partial charge in [0.05, 0.1) is 22.9 Å². The fourth-order valence-electron chi connectivity index (χ4n) is 2.15. The predicted molar refractivity (Wildman–Crippen MR) is 76.2 cm³/mol. The van der Waals surface area contributed by atoms with Gasteiger partial charge in [-0.25, -0.2) is 0 Å². The molecule has 1 aromatic heterocycles. The van der Waals surface area contributed by atoms with Crippen molar-refractivity contribution in [1.29, 1.82) is 0 Å². The number of aliphatic hydroxyl groups excluding tert-OH is 1. The molecule has 0 aliphatic carbocycles. The Morgan fingerprint density at radius 3 is 2.68 bits per heavy atom. The van der Waals surface area contributed by atoms with E-state index in [0.29, 0.717) is 6.42 Å². The SMILES string of the molecule is CCn1nc(CC(O)C(C)(C)OC)c2ccccc21. The van der Waals surface area contributed by atoms with Crippen LogP contribution in [0.3, 0.4) is 0 Å². The van der Waals surface area contributed by atoms with Crippen LogP contribution in [0.1, 0.15) is 26.5 Å². The normalized spacial score (nSPS) is 13.9. The second kappa shape index (κ2) is 5.31. The van der Waals surface area contributed by atoms with Gasteiger partial charge in [-0.1, -0.05) is 18.2 Å². The molecule has 0 amide bonds. The lowest BCUT2D eigenvalue weighted by molar-refractivity contribution is -0.0767. The van der Waals surface area contributed by atoms with Crippen LogP contribution in [0.25, 0.3) is 10.9 Å². The molecule has 1 unspecified atom stereocenters. The Bertz CT molecular complexity index is 560. The molecule has 1 N–H and O–H groups in total. The third-order valence-corrected chi connectivity index (χ3v) is 3.75. The summed E-state index contributed by atoms with van der Waals surface area (Å²) in [7, 11) is 1.62. The number of ether oxygens (including phenoxy) is 1. The van der Waals surface area contributed by atoms with Gasteiger partial charge in [-0.15, -0.1) is 0 Å². The van der Waals surface area contributed by atoms with E-state index in [1.54, 1.807) is 7.11 Å². The fourth-order valence-corrected chi connectivity index (χ4v) is 2.15. The van der Waals surface area contributed by atoms with E-state index in [0.717, 1.165) is 23.1 Å². The maximum Gasteiger partial charge on any atom is 0.0884 e. The Balaban J connectivity index is 2.36. The van der Waals surface area contributed by atoms with Gasteiger partial charge in [0.1, 0.15) is 0 Å². The van der Waals surface area contributed by atoms with Crippen LogP contribution in [-0.2, 0) is 17.7 Å². The van der Waals surface area contributed by atoms with Gasteiger partial charge < -0.3 is 9.84 Å². The highest BCUT2D eigenvalue weighted by Gasteiger charge is 2.28. The van der Waals surface area contributed by atoms with Crippen LogP contribution in [0.5, 0.6) is 0 Å². The molecule has 1 aromatic carbocycles. The monoisotopic (exact) mass is 262 g/mol. The summed E-state index contributed by atoms with van der Waals surface area (Å²) < 4.78 is 7.30. The minimum absolute atomic E-state index is 0.494. The molecule has 0 bridgehead atoms. The minimum atomic E-state index is -0.582. The Hall–Kier alpha value is -1.39. The Kier molecular flexibility index (Phi) is 3.92. The summed E-state index contributed by atoms with van der Waals surface area (Å²) in [6.45, 7) is 6.66. The summed E-state index contributed by atoms with van der Waals surface area (Å²) in [5, 5.41) is 16.0. The van der Waals surface area contributed by atoms with E-state index in [2.05, 4.69) is 24.2 Å². The highest BCUT2D eigenvalue weighted by Crippen LogP contribution is 2.23. The standard InChI is InChI=1S/C15H22N2O2/c1-5-17-13-9-7-6-8-11(13)12(16-17)10-14(18)15(2,3)19-4/h6-9,14,18H,5,10H2,1-4H3. The number of hydrogen-bond donors (Lipinski definition) is 1. The molecule has 104 valence electrons. The largest absolute Gasteiger partial charge is 0.390 e. The number of rotatable bonds is 5. The zero-order chi connectivity index (χ0) is 14.0. The number of para-hydroxylation sites is 1. The zero-order valence-corrected chi connectivity index (χ0v) is 12.1. The van der Waals surface area contributed by atoms with E-state index in [1.165, 1.54) is 0 Å². The van der Waals surface area contributed by atoms with Crippen molar-refractivity contribution in [1.82, 2.24) is 9.78 Å². The molecule has 0 aliphatic heterocycles. The summed E-state index contributed by atoms with van der Waals surface area (Å²) >= 11 is 0. The first-order valence-corrected chi connectivity index (χ1v) is 6.67. The predicted octanol–water partition coefficient (Wildman–Crippen LogP) is 2.38. The maximum absolute atomic E-state index is 10.3. The first kappa shape index (κ1) is 14.0. The van der Waals surface area contributed by atoms with Crippen molar-refractivity contribution in [3.05, 3.63) is 30.0 Å². The minimum Gasteiger partial charge on any atom is -0.390 e. The van der Waals surface area contributed by atoms with Gasteiger partial charge in [0.15, 0.2) is 0 Å². The number of aliphatic hydroxyl groups is 1. The molecular weight excluding hydrogens is 240 g/mol. The molecule has 4 heteroatoms. The van der Waals surface area contributed by atoms with Gasteiger partial charge in [0, 0.05) is 25.5 Å². The fraction of sp³-hybridized carbons (Fsp3) is 0.533. The average Bonchev–Trinajstić information content (AvgIpc) is 2.77. The number of aromatic nitrogens is 2. The number of nitrogens with zero attached hydrogens (tertiary/aromatic N) is 2. The number of aryl methyl sites for hydroxylation is 1. The zero-order valence-electron chi connectivity index (χ0n) is 12.1. The average molecular weight is 262 g/mol. The molecule has 4 nitrogen and oxygen atoms in total. The highest BCUT2D eigenvalue weighted by molar-refractivity contribution is 5.82. The molecule has 0 spiro atoms. The molecule has 0 radical (unpaired) electrons. The van der Waals surface area contributed by atoms with E-state index >= 15 is 0 Å². The van der Waals surface area contributed by atoms with E-state index < -0.39 is 11.7 Å². The van der Waals surface area contributed by atoms with E-state index in [1.807, 2.05) is 30.7 Å². The Morgan fingerprint density at radius 2 is 2.05 bits per heavy atom. The van der Waals surface area contributed by atoms with Crippen LogP contribution in [0.4, 0.5) is 0 Å². The van der Waals surface area contributed by atoms with Gasteiger partial charge in [0.2, 0.25) is 0 Å². The summed E-state index contributed by atoms with van der Waals surface area (Å²) in [5.74, 6) is 0. The first-order chi connectivity index (χ1) is 8.99. The van der Waals surface area contributed by atoms with Crippen molar-refractivity contribution in [2.45, 2.75) is 45.4 Å². The van der Waals surface area contributed by atoms with Gasteiger partial charge in [0.25, 0.3) is 0 Å². The molecule has 0 saturated heterocycles. The summed E-state index contributed by atoms with van der Waals surface area (Å²) in [6, 6.07) is 8.12. The summed E-state index contributed by atoms with van der Waals surface area (Å²) in [5.41, 5.74) is 1.47. The van der Waals surface area contributed by atoms with Crippen LogP contribution in [0.2, 0.25) is 0 Å². The van der Waals surface area contributed by atoms with Gasteiger partial charge in [-0.3, -0.25) is 4.68 Å². The number of benzene rings is 1. The molecule has 0 saturated carbocycles. The van der Waals surface area contributed by atoms with Crippen molar-refractivity contribution < 1.29 is 9.84 Å². The van der Waals surface area contributed by atoms with Gasteiger partial charge in [-0.2, -0.15) is 5.10 Å². The third kappa shape index (κ3) is 2.65. The van der Waals surface area contributed by atoms with Crippen LogP contribution in [-0.4, -0.2) is 33.7 Å². The maximum atomic E-state index is 10.3. The lowest BCUT2D eigenvalue weighted by atomic mass is 9.96. The molecule has 2 aromatic rings. The van der Waals surface area contributed by atoms with E-state index in [4.69, 9.17) is 4.74 Å². The first-order valence-electron chi connectivity index (χ1n) is 6.67. The Morgan fingerprint density at radius 1 is 1.37 bits per heavy atom. The number of fused-ring (bicyclic) bond motifs is 1. The summed E-state index contributed by atoms with van der Waals surface area (Å²) in [4.78, 5) is 0. The third-order valence-electron chi connectivity index (χ3n) is 3.75. The lowest BCUT2D eigenvalue weighted by Gasteiger charge is -2.28. The van der Waals surface area contributed by atoms with Crippen molar-refractivity contribution in [3.8, 4) is 0 Å². The van der Waals surface area contributed by atoms with Crippen LogP contribution >= 0.6 is 0 Å². The molecule has 0 aliphatic rings. The molecular formula is C15H22N2O2. The topological polar surface area (TPSA) is 47.3 Å². The molecule has 1 heterocycles. The van der Waals surface area contributed by atoms with Crippen molar-refractivity contribution in [2.75, 3.05) is 7.11 Å². The summed E-state index contributed by atoms with van der Waals surface area (Å²) in [6.07, 6.45) is -0.0879. The lowest BCUT2D eigenvalue weighted by Crippen LogP contribution is -2.39. The number of methoxy groups -OCH3 is 1. The second-order valence-corrected chi connectivity index (χ2v) is 5.31. The van der Waals surface area contributed by atoms with Crippen molar-refractivity contribution in [2.24, 2.45) is 0 Å². The van der Waals surface area contributed by atoms with E-state index in [-0.39, 0.29) is 0 Å². The molecule has 2 rings (SSSR count). The Labute approximate surface area is 114 Å². The van der Waals surface area contributed by atoms with Gasteiger partial charge in [-0.05, 0) is 26.8 Å². The second-order valence-electron chi connectivity index (χ2n) is 5.31. The number of hydrogen-bond acceptors (Lipinski definition) is 3. The van der Waals surface area contributed by atoms with Crippen LogP contribution in [0.15, 0.2) is 24.3 Å². The molecule has 19 heavy (non-hydrogen) atoms. The van der Waals surface area contributed by atoms with Crippen LogP contribution < -0.4 is 0 Å². The van der Waals surface area contributed by atoms with E-state index in [9.17, 15) is 5.11 Å². The van der Waals surface area contributed by atoms with Crippen LogP contribution in [0, 0.1) is 0 Å². The quantitative estimate of drug-likeness (QED) is 0.900.